The molecule has 0 radical (unpaired) electrons. The Hall–Kier alpha value is -3.30. The van der Waals surface area contributed by atoms with Crippen LogP contribution in [-0.4, -0.2) is 45.7 Å². The highest BCUT2D eigenvalue weighted by atomic mass is 35.5. The van der Waals surface area contributed by atoms with Crippen LogP contribution in [0.3, 0.4) is 0 Å². The number of esters is 1. The number of nitrogens with zero attached hydrogens (tertiary/aromatic N) is 4. The predicted molar refractivity (Wildman–Crippen MR) is 121 cm³/mol. The van der Waals surface area contributed by atoms with Crippen molar-refractivity contribution in [1.29, 1.82) is 0 Å². The summed E-state index contributed by atoms with van der Waals surface area (Å²) in [4.78, 5) is 12.8. The molecule has 3 heterocycles. The fourth-order valence-electron chi connectivity index (χ4n) is 3.31. The SMILES string of the molecule is CCOC(=O)/C(=C\c1ccc2c(c1)OCO2)C1=Nn2c(nnc2-c2ccccc2Cl)SC1. The van der Waals surface area contributed by atoms with E-state index in [1.165, 1.54) is 11.8 Å². The third-order valence-electron chi connectivity index (χ3n) is 4.80. The summed E-state index contributed by atoms with van der Waals surface area (Å²) in [6.07, 6.45) is 1.74. The summed E-state index contributed by atoms with van der Waals surface area (Å²) in [5, 5.41) is 14.3. The summed E-state index contributed by atoms with van der Waals surface area (Å²) >= 11 is 7.79. The molecule has 0 saturated heterocycles. The molecule has 0 spiro atoms. The Kier molecular flexibility index (Phi) is 5.59. The van der Waals surface area contributed by atoms with Crippen molar-refractivity contribution in [3.8, 4) is 22.9 Å². The molecule has 0 saturated carbocycles. The van der Waals surface area contributed by atoms with Crippen LogP contribution in [0.1, 0.15) is 12.5 Å². The van der Waals surface area contributed by atoms with E-state index in [9.17, 15) is 4.79 Å². The van der Waals surface area contributed by atoms with E-state index in [-0.39, 0.29) is 13.4 Å². The molecule has 0 bridgehead atoms. The standard InChI is InChI=1S/C22H17ClN4O4S/c1-2-29-21(28)15(9-13-7-8-18-19(10-13)31-12-30-18)17-11-32-22-25-24-20(27(22)26-17)14-5-3-4-6-16(14)23/h3-10H,2,11-12H2,1H3/b15-9-. The molecule has 162 valence electrons. The summed E-state index contributed by atoms with van der Waals surface area (Å²) in [7, 11) is 0. The number of hydrogen-bond donors (Lipinski definition) is 0. The van der Waals surface area contributed by atoms with Gasteiger partial charge in [-0.25, -0.2) is 4.79 Å². The van der Waals surface area contributed by atoms with Crippen LogP contribution in [0.15, 0.2) is 58.3 Å². The minimum absolute atomic E-state index is 0.178. The number of carbonyl (C=O) groups excluding carboxylic acids is 1. The molecule has 8 nitrogen and oxygen atoms in total. The Balaban J connectivity index is 1.58. The first-order valence-corrected chi connectivity index (χ1v) is 11.2. The second kappa shape index (κ2) is 8.68. The van der Waals surface area contributed by atoms with Gasteiger partial charge < -0.3 is 14.2 Å². The third-order valence-corrected chi connectivity index (χ3v) is 6.06. The average molecular weight is 469 g/mol. The van der Waals surface area contributed by atoms with E-state index in [0.717, 1.165) is 5.56 Å². The number of thioether (sulfide) groups is 1. The van der Waals surface area contributed by atoms with Crippen LogP contribution in [0, 0.1) is 0 Å². The van der Waals surface area contributed by atoms with Gasteiger partial charge in [0.15, 0.2) is 17.3 Å². The number of carbonyl (C=O) groups is 1. The Labute approximate surface area is 192 Å². The Morgan fingerprint density at radius 1 is 1.22 bits per heavy atom. The Bertz CT molecular complexity index is 1270. The zero-order valence-corrected chi connectivity index (χ0v) is 18.5. The monoisotopic (exact) mass is 468 g/mol. The summed E-state index contributed by atoms with van der Waals surface area (Å²) in [6, 6.07) is 12.8. The highest BCUT2D eigenvalue weighted by Gasteiger charge is 2.26. The smallest absolute Gasteiger partial charge is 0.340 e. The van der Waals surface area contributed by atoms with E-state index in [0.29, 0.717) is 50.1 Å². The Morgan fingerprint density at radius 3 is 2.91 bits per heavy atom. The van der Waals surface area contributed by atoms with Crippen LogP contribution in [0.25, 0.3) is 17.5 Å². The van der Waals surface area contributed by atoms with Gasteiger partial charge in [0.25, 0.3) is 0 Å². The third kappa shape index (κ3) is 3.85. The molecule has 0 fully saturated rings. The Morgan fingerprint density at radius 2 is 2.06 bits per heavy atom. The van der Waals surface area contributed by atoms with Gasteiger partial charge in [0, 0.05) is 11.3 Å². The van der Waals surface area contributed by atoms with Crippen LogP contribution in [0.5, 0.6) is 11.5 Å². The number of rotatable bonds is 5. The normalized spacial score (nSPS) is 14.7. The number of hydrogen-bond acceptors (Lipinski definition) is 8. The lowest BCUT2D eigenvalue weighted by atomic mass is 10.1. The number of halogens is 1. The van der Waals surface area contributed by atoms with Gasteiger partial charge in [0.05, 0.1) is 22.9 Å². The summed E-state index contributed by atoms with van der Waals surface area (Å²) < 4.78 is 17.7. The summed E-state index contributed by atoms with van der Waals surface area (Å²) in [6.45, 7) is 2.19. The first kappa shape index (κ1) is 20.6. The second-order valence-corrected chi connectivity index (χ2v) is 8.17. The molecule has 0 unspecified atom stereocenters. The lowest BCUT2D eigenvalue weighted by Crippen LogP contribution is -2.21. The van der Waals surface area contributed by atoms with Crippen molar-refractivity contribution in [3.63, 3.8) is 0 Å². The van der Waals surface area contributed by atoms with Gasteiger partial charge in [0.1, 0.15) is 0 Å². The molecule has 0 amide bonds. The van der Waals surface area contributed by atoms with Crippen molar-refractivity contribution in [2.45, 2.75) is 12.1 Å². The molecule has 2 aliphatic rings. The molecule has 1 aromatic heterocycles. The van der Waals surface area contributed by atoms with Gasteiger partial charge in [0.2, 0.25) is 11.9 Å². The maximum absolute atomic E-state index is 12.8. The topological polar surface area (TPSA) is 87.8 Å². The first-order valence-electron chi connectivity index (χ1n) is 9.84. The number of ether oxygens (including phenoxy) is 3. The van der Waals surface area contributed by atoms with Crippen LogP contribution in [0.4, 0.5) is 0 Å². The molecule has 3 aromatic rings. The highest BCUT2D eigenvalue weighted by Crippen LogP contribution is 2.34. The lowest BCUT2D eigenvalue weighted by Gasteiger charge is -2.16. The fraction of sp³-hybridized carbons (Fsp3) is 0.182. The van der Waals surface area contributed by atoms with Crippen molar-refractivity contribution in [2.24, 2.45) is 5.10 Å². The molecular formula is C22H17ClN4O4S. The van der Waals surface area contributed by atoms with Crippen LogP contribution < -0.4 is 9.47 Å². The number of fused-ring (bicyclic) bond motifs is 2. The van der Waals surface area contributed by atoms with E-state index in [4.69, 9.17) is 30.9 Å². The minimum atomic E-state index is -0.458. The largest absolute Gasteiger partial charge is 0.462 e. The van der Waals surface area contributed by atoms with E-state index in [2.05, 4.69) is 10.2 Å². The van der Waals surface area contributed by atoms with Gasteiger partial charge in [-0.1, -0.05) is 41.6 Å². The van der Waals surface area contributed by atoms with Gasteiger partial charge >= 0.3 is 5.97 Å². The molecule has 2 aliphatic heterocycles. The van der Waals surface area contributed by atoms with Gasteiger partial charge in [-0.15, -0.1) is 10.2 Å². The number of aromatic nitrogens is 3. The quantitative estimate of drug-likeness (QED) is 0.408. The molecule has 5 rings (SSSR count). The van der Waals surface area contributed by atoms with Gasteiger partial charge in [-0.05, 0) is 42.8 Å². The molecule has 10 heteroatoms. The second-order valence-electron chi connectivity index (χ2n) is 6.82. The maximum Gasteiger partial charge on any atom is 0.340 e. The van der Waals surface area contributed by atoms with Crippen molar-refractivity contribution in [3.05, 3.63) is 58.6 Å². The summed E-state index contributed by atoms with van der Waals surface area (Å²) in [5.74, 6) is 1.78. The fourth-order valence-corrected chi connectivity index (χ4v) is 4.36. The van der Waals surface area contributed by atoms with Gasteiger partial charge in [-0.2, -0.15) is 9.78 Å². The summed E-state index contributed by atoms with van der Waals surface area (Å²) in [5.41, 5.74) is 2.37. The van der Waals surface area contributed by atoms with E-state index >= 15 is 0 Å². The van der Waals surface area contributed by atoms with Crippen LogP contribution >= 0.6 is 23.4 Å². The molecule has 2 aromatic carbocycles. The average Bonchev–Trinajstić information content (AvgIpc) is 3.44. The molecule has 0 N–H and O–H groups in total. The zero-order valence-electron chi connectivity index (χ0n) is 16.9. The van der Waals surface area contributed by atoms with Crippen molar-refractivity contribution < 1.29 is 19.0 Å². The lowest BCUT2D eigenvalue weighted by molar-refractivity contribution is -0.137. The van der Waals surface area contributed by atoms with Crippen molar-refractivity contribution in [1.82, 2.24) is 14.9 Å². The van der Waals surface area contributed by atoms with Crippen molar-refractivity contribution in [2.75, 3.05) is 19.2 Å². The highest BCUT2D eigenvalue weighted by molar-refractivity contribution is 7.99. The zero-order chi connectivity index (χ0) is 22.1. The van der Waals surface area contributed by atoms with Crippen LogP contribution in [0.2, 0.25) is 5.02 Å². The minimum Gasteiger partial charge on any atom is -0.462 e. The molecule has 0 aliphatic carbocycles. The van der Waals surface area contributed by atoms with Crippen LogP contribution in [-0.2, 0) is 9.53 Å². The van der Waals surface area contributed by atoms with Crippen molar-refractivity contribution >= 4 is 41.1 Å². The molecule has 0 atom stereocenters. The first-order chi connectivity index (χ1) is 15.6. The van der Waals surface area contributed by atoms with Gasteiger partial charge in [-0.3, -0.25) is 0 Å². The predicted octanol–water partition coefficient (Wildman–Crippen LogP) is 4.28. The van der Waals surface area contributed by atoms with E-state index in [1.807, 2.05) is 36.4 Å². The van der Waals surface area contributed by atoms with E-state index < -0.39 is 5.97 Å². The molecule has 32 heavy (non-hydrogen) atoms. The van der Waals surface area contributed by atoms with E-state index in [1.54, 1.807) is 23.7 Å². The maximum atomic E-state index is 12.8. The molecular weight excluding hydrogens is 452 g/mol. The number of benzene rings is 2.